The van der Waals surface area contributed by atoms with Gasteiger partial charge in [0, 0.05) is 18.4 Å². The third kappa shape index (κ3) is 1.58. The highest BCUT2D eigenvalue weighted by Gasteiger charge is 2.51. The number of hydrogen-bond acceptors (Lipinski definition) is 2. The molecule has 0 spiro atoms. The minimum Gasteiger partial charge on any atom is -0.274 e. The lowest BCUT2D eigenvalue weighted by Gasteiger charge is -2.24. The topological polar surface area (TPSA) is 37.4 Å². The van der Waals surface area contributed by atoms with Crippen molar-refractivity contribution in [2.45, 2.75) is 31.7 Å². The fourth-order valence-electron chi connectivity index (χ4n) is 2.92. The summed E-state index contributed by atoms with van der Waals surface area (Å²) in [6.07, 6.45) is 3.86. The van der Waals surface area contributed by atoms with Crippen LogP contribution >= 0.6 is 0 Å². The van der Waals surface area contributed by atoms with E-state index >= 15 is 0 Å². The molecule has 1 atom stereocenters. The molecule has 92 valence electrons. The van der Waals surface area contributed by atoms with Crippen LogP contribution in [0.15, 0.2) is 35.9 Å². The van der Waals surface area contributed by atoms with Crippen molar-refractivity contribution in [3.8, 4) is 0 Å². The third-order valence-corrected chi connectivity index (χ3v) is 3.86. The second kappa shape index (κ2) is 3.80. The Kier molecular flexibility index (Phi) is 2.37. The van der Waals surface area contributed by atoms with Gasteiger partial charge >= 0.3 is 0 Å². The van der Waals surface area contributed by atoms with E-state index in [1.807, 2.05) is 43.3 Å². The average Bonchev–Trinajstić information content (AvgIpc) is 2.77. The van der Waals surface area contributed by atoms with Crippen LogP contribution < -0.4 is 0 Å². The standard InChI is InChI=1S/C15H15NO2/c1-15-8-7-13(17)16(15)14(18)12(10-15)9-11-5-3-2-4-6-11/h2-6,9H,7-8,10H2,1H3/b12-9+. The Labute approximate surface area is 106 Å². The molecule has 18 heavy (non-hydrogen) atoms. The molecule has 3 nitrogen and oxygen atoms in total. The average molecular weight is 241 g/mol. The number of benzene rings is 1. The van der Waals surface area contributed by atoms with Crippen molar-refractivity contribution in [1.29, 1.82) is 0 Å². The Morgan fingerprint density at radius 2 is 1.94 bits per heavy atom. The van der Waals surface area contributed by atoms with Crippen molar-refractivity contribution in [1.82, 2.24) is 4.90 Å². The van der Waals surface area contributed by atoms with E-state index < -0.39 is 0 Å². The Hall–Kier alpha value is -1.90. The van der Waals surface area contributed by atoms with E-state index in [1.54, 1.807) is 0 Å². The molecular formula is C15H15NO2. The van der Waals surface area contributed by atoms with Crippen molar-refractivity contribution in [2.75, 3.05) is 0 Å². The quantitative estimate of drug-likeness (QED) is 0.559. The zero-order chi connectivity index (χ0) is 12.8. The van der Waals surface area contributed by atoms with Gasteiger partial charge in [0.2, 0.25) is 5.91 Å². The molecule has 0 aromatic heterocycles. The molecular weight excluding hydrogens is 226 g/mol. The molecule has 0 N–H and O–H groups in total. The summed E-state index contributed by atoms with van der Waals surface area (Å²) in [6.45, 7) is 2.00. The van der Waals surface area contributed by atoms with E-state index in [0.717, 1.165) is 17.6 Å². The summed E-state index contributed by atoms with van der Waals surface area (Å²) in [5, 5.41) is 0. The SMILES string of the molecule is CC12CCC(=O)N1C(=O)/C(=C/c1ccccc1)C2. The molecule has 2 aliphatic rings. The lowest BCUT2D eigenvalue weighted by molar-refractivity contribution is -0.141. The first-order chi connectivity index (χ1) is 8.60. The van der Waals surface area contributed by atoms with Gasteiger partial charge in [-0.2, -0.15) is 0 Å². The molecule has 0 radical (unpaired) electrons. The van der Waals surface area contributed by atoms with Crippen LogP contribution in [0.2, 0.25) is 0 Å². The number of fused-ring (bicyclic) bond motifs is 1. The van der Waals surface area contributed by atoms with Crippen LogP contribution in [0.3, 0.4) is 0 Å². The smallest absolute Gasteiger partial charge is 0.257 e. The summed E-state index contributed by atoms with van der Waals surface area (Å²) in [6, 6.07) is 9.77. The summed E-state index contributed by atoms with van der Waals surface area (Å²) in [5.41, 5.74) is 1.48. The predicted octanol–water partition coefficient (Wildman–Crippen LogP) is 2.38. The zero-order valence-corrected chi connectivity index (χ0v) is 10.3. The summed E-state index contributed by atoms with van der Waals surface area (Å²) >= 11 is 0. The number of nitrogens with zero attached hydrogens (tertiary/aromatic N) is 1. The fourth-order valence-corrected chi connectivity index (χ4v) is 2.92. The molecule has 0 saturated carbocycles. The number of amides is 2. The Bertz CT molecular complexity index is 547. The zero-order valence-electron chi connectivity index (χ0n) is 10.3. The van der Waals surface area contributed by atoms with Crippen molar-refractivity contribution >= 4 is 17.9 Å². The maximum atomic E-state index is 12.2. The van der Waals surface area contributed by atoms with Gasteiger partial charge in [-0.05, 0) is 25.0 Å². The molecule has 0 aliphatic carbocycles. The number of imide groups is 1. The molecule has 3 heteroatoms. The monoisotopic (exact) mass is 241 g/mol. The van der Waals surface area contributed by atoms with E-state index in [4.69, 9.17) is 0 Å². The lowest BCUT2D eigenvalue weighted by Crippen LogP contribution is -2.39. The van der Waals surface area contributed by atoms with Gasteiger partial charge in [0.1, 0.15) is 0 Å². The summed E-state index contributed by atoms with van der Waals surface area (Å²) < 4.78 is 0. The summed E-state index contributed by atoms with van der Waals surface area (Å²) in [4.78, 5) is 25.5. The number of hydrogen-bond donors (Lipinski definition) is 0. The van der Waals surface area contributed by atoms with Gasteiger partial charge in [-0.3, -0.25) is 14.5 Å². The fraction of sp³-hybridized carbons (Fsp3) is 0.333. The molecule has 1 aromatic rings. The summed E-state index contributed by atoms with van der Waals surface area (Å²) in [5.74, 6) is -0.136. The minimum atomic E-state index is -0.283. The highest BCUT2D eigenvalue weighted by Crippen LogP contribution is 2.42. The van der Waals surface area contributed by atoms with Gasteiger partial charge in [0.15, 0.2) is 0 Å². The largest absolute Gasteiger partial charge is 0.274 e. The van der Waals surface area contributed by atoms with E-state index in [9.17, 15) is 9.59 Å². The van der Waals surface area contributed by atoms with Crippen molar-refractivity contribution < 1.29 is 9.59 Å². The van der Waals surface area contributed by atoms with Crippen LogP contribution in [0.5, 0.6) is 0 Å². The summed E-state index contributed by atoms with van der Waals surface area (Å²) in [7, 11) is 0. The van der Waals surface area contributed by atoms with Crippen LogP contribution in [0, 0.1) is 0 Å². The number of rotatable bonds is 1. The molecule has 1 unspecified atom stereocenters. The molecule has 2 amide bonds. The highest BCUT2D eigenvalue weighted by molar-refractivity contribution is 6.11. The van der Waals surface area contributed by atoms with Crippen LogP contribution in [-0.2, 0) is 9.59 Å². The van der Waals surface area contributed by atoms with Gasteiger partial charge < -0.3 is 0 Å². The maximum Gasteiger partial charge on any atom is 0.257 e. The molecule has 2 saturated heterocycles. The normalized spacial score (nSPS) is 29.2. The van der Waals surface area contributed by atoms with Gasteiger partial charge in [-0.15, -0.1) is 0 Å². The highest BCUT2D eigenvalue weighted by atomic mass is 16.2. The first-order valence-corrected chi connectivity index (χ1v) is 6.23. The molecule has 0 bridgehead atoms. The van der Waals surface area contributed by atoms with E-state index in [-0.39, 0.29) is 17.4 Å². The van der Waals surface area contributed by atoms with Crippen molar-refractivity contribution in [2.24, 2.45) is 0 Å². The Morgan fingerprint density at radius 3 is 2.61 bits per heavy atom. The van der Waals surface area contributed by atoms with E-state index in [2.05, 4.69) is 0 Å². The van der Waals surface area contributed by atoms with Crippen molar-refractivity contribution in [3.05, 3.63) is 41.5 Å². The van der Waals surface area contributed by atoms with Gasteiger partial charge in [-0.1, -0.05) is 30.3 Å². The molecule has 3 rings (SSSR count). The van der Waals surface area contributed by atoms with Crippen LogP contribution in [-0.4, -0.2) is 22.3 Å². The first-order valence-electron chi connectivity index (χ1n) is 6.23. The van der Waals surface area contributed by atoms with E-state index in [0.29, 0.717) is 12.8 Å². The predicted molar refractivity (Wildman–Crippen MR) is 68.5 cm³/mol. The number of carbonyl (C=O) groups is 2. The van der Waals surface area contributed by atoms with Gasteiger partial charge in [-0.25, -0.2) is 0 Å². The first kappa shape index (κ1) is 11.2. The third-order valence-electron chi connectivity index (χ3n) is 3.86. The van der Waals surface area contributed by atoms with Gasteiger partial charge in [0.25, 0.3) is 5.91 Å². The molecule has 2 aliphatic heterocycles. The molecule has 2 heterocycles. The van der Waals surface area contributed by atoms with Gasteiger partial charge in [0.05, 0.1) is 5.54 Å². The second-order valence-corrected chi connectivity index (χ2v) is 5.29. The van der Waals surface area contributed by atoms with Crippen molar-refractivity contribution in [3.63, 3.8) is 0 Å². The maximum absolute atomic E-state index is 12.2. The van der Waals surface area contributed by atoms with Crippen LogP contribution in [0.1, 0.15) is 31.7 Å². The Morgan fingerprint density at radius 1 is 1.22 bits per heavy atom. The molecule has 2 fully saturated rings. The minimum absolute atomic E-state index is 0.0287. The lowest BCUT2D eigenvalue weighted by atomic mass is 9.94. The Balaban J connectivity index is 1.96. The van der Waals surface area contributed by atoms with E-state index in [1.165, 1.54) is 4.90 Å². The molecule has 1 aromatic carbocycles. The van der Waals surface area contributed by atoms with Crippen LogP contribution in [0.4, 0.5) is 0 Å². The van der Waals surface area contributed by atoms with Crippen LogP contribution in [0.25, 0.3) is 6.08 Å². The second-order valence-electron chi connectivity index (χ2n) is 5.29. The number of carbonyl (C=O) groups excluding carboxylic acids is 2.